The molecule has 1 aliphatic rings. The first-order valence-electron chi connectivity index (χ1n) is 7.30. The molecule has 0 radical (unpaired) electrons. The van der Waals surface area contributed by atoms with Gasteiger partial charge >= 0.3 is 0 Å². The van der Waals surface area contributed by atoms with Crippen LogP contribution in [0.25, 0.3) is 0 Å². The Morgan fingerprint density at radius 3 is 2.89 bits per heavy atom. The SMILES string of the molecule is C=C1C[C@H](CCCO)O[C@H]1CC[C@H](O)C/C(C)=C/C. The fourth-order valence-electron chi connectivity index (χ4n) is 2.50. The second-order valence-electron chi connectivity index (χ2n) is 5.55. The van der Waals surface area contributed by atoms with E-state index in [1.54, 1.807) is 0 Å². The molecule has 1 saturated heterocycles. The zero-order valence-corrected chi connectivity index (χ0v) is 12.3. The van der Waals surface area contributed by atoms with Crippen LogP contribution in [-0.4, -0.2) is 35.1 Å². The molecule has 0 aromatic heterocycles. The van der Waals surface area contributed by atoms with Gasteiger partial charge in [0.2, 0.25) is 0 Å². The maximum atomic E-state index is 9.95. The minimum Gasteiger partial charge on any atom is -0.396 e. The minimum absolute atomic E-state index is 0.0873. The normalized spacial score (nSPS) is 25.9. The standard InChI is InChI=1S/C16H28O3/c1-4-12(2)10-14(18)7-8-16-13(3)11-15(19-16)6-5-9-17/h4,14-18H,3,5-11H2,1-2H3/b12-4+/t14-,15-,16-/m0/s1. The third kappa shape index (κ3) is 5.89. The molecule has 0 unspecified atom stereocenters. The summed E-state index contributed by atoms with van der Waals surface area (Å²) >= 11 is 0. The average molecular weight is 268 g/mol. The van der Waals surface area contributed by atoms with Crippen LogP contribution >= 0.6 is 0 Å². The van der Waals surface area contributed by atoms with Gasteiger partial charge in [0, 0.05) is 6.61 Å². The van der Waals surface area contributed by atoms with E-state index in [2.05, 4.69) is 6.58 Å². The first-order chi connectivity index (χ1) is 9.06. The maximum absolute atomic E-state index is 9.95. The van der Waals surface area contributed by atoms with Gasteiger partial charge in [-0.05, 0) is 57.9 Å². The molecule has 19 heavy (non-hydrogen) atoms. The fourth-order valence-corrected chi connectivity index (χ4v) is 2.50. The fraction of sp³-hybridized carbons (Fsp3) is 0.750. The number of rotatable bonds is 8. The number of hydrogen-bond donors (Lipinski definition) is 2. The van der Waals surface area contributed by atoms with Crippen molar-refractivity contribution in [2.24, 2.45) is 0 Å². The van der Waals surface area contributed by atoms with Gasteiger partial charge in [-0.25, -0.2) is 0 Å². The number of allylic oxidation sites excluding steroid dienone is 1. The van der Waals surface area contributed by atoms with Crippen LogP contribution in [-0.2, 0) is 4.74 Å². The number of ether oxygens (including phenoxy) is 1. The van der Waals surface area contributed by atoms with Crippen molar-refractivity contribution < 1.29 is 14.9 Å². The third-order valence-corrected chi connectivity index (χ3v) is 3.80. The van der Waals surface area contributed by atoms with Crippen molar-refractivity contribution in [3.05, 3.63) is 23.8 Å². The van der Waals surface area contributed by atoms with E-state index in [-0.39, 0.29) is 24.9 Å². The van der Waals surface area contributed by atoms with Crippen molar-refractivity contribution in [2.75, 3.05) is 6.61 Å². The van der Waals surface area contributed by atoms with Crippen molar-refractivity contribution in [1.29, 1.82) is 0 Å². The lowest BCUT2D eigenvalue weighted by atomic mass is 9.99. The van der Waals surface area contributed by atoms with E-state index >= 15 is 0 Å². The quantitative estimate of drug-likeness (QED) is 0.665. The second-order valence-corrected chi connectivity index (χ2v) is 5.55. The predicted octanol–water partition coefficient (Wildman–Crippen LogP) is 2.97. The van der Waals surface area contributed by atoms with E-state index in [4.69, 9.17) is 9.84 Å². The van der Waals surface area contributed by atoms with Crippen molar-refractivity contribution >= 4 is 0 Å². The van der Waals surface area contributed by atoms with Crippen molar-refractivity contribution in [2.45, 2.75) is 70.7 Å². The maximum Gasteiger partial charge on any atom is 0.0788 e. The van der Waals surface area contributed by atoms with Gasteiger partial charge in [0.15, 0.2) is 0 Å². The Labute approximate surface area is 117 Å². The zero-order valence-electron chi connectivity index (χ0n) is 12.3. The molecular weight excluding hydrogens is 240 g/mol. The molecule has 3 nitrogen and oxygen atoms in total. The monoisotopic (exact) mass is 268 g/mol. The average Bonchev–Trinajstić information content (AvgIpc) is 2.74. The summed E-state index contributed by atoms with van der Waals surface area (Å²) in [7, 11) is 0. The summed E-state index contributed by atoms with van der Waals surface area (Å²) in [6.07, 6.45) is 6.96. The number of aliphatic hydroxyl groups excluding tert-OH is 2. The summed E-state index contributed by atoms with van der Waals surface area (Å²) < 4.78 is 5.92. The van der Waals surface area contributed by atoms with Gasteiger partial charge in [0.05, 0.1) is 18.3 Å². The Hall–Kier alpha value is -0.640. The Morgan fingerprint density at radius 2 is 2.26 bits per heavy atom. The molecular formula is C16H28O3. The van der Waals surface area contributed by atoms with Gasteiger partial charge in [-0.1, -0.05) is 18.2 Å². The topological polar surface area (TPSA) is 49.7 Å². The van der Waals surface area contributed by atoms with Crippen LogP contribution in [0, 0.1) is 0 Å². The Bertz CT molecular complexity index is 309. The lowest BCUT2D eigenvalue weighted by molar-refractivity contribution is 0.0307. The molecule has 1 fully saturated rings. The Morgan fingerprint density at radius 1 is 1.53 bits per heavy atom. The molecule has 3 atom stereocenters. The second kappa shape index (κ2) is 8.51. The number of aliphatic hydroxyl groups is 2. The largest absolute Gasteiger partial charge is 0.396 e. The molecule has 3 heteroatoms. The summed E-state index contributed by atoms with van der Waals surface area (Å²) in [5.41, 5.74) is 2.36. The zero-order chi connectivity index (χ0) is 14.3. The first kappa shape index (κ1) is 16.4. The van der Waals surface area contributed by atoms with Crippen LogP contribution in [0.5, 0.6) is 0 Å². The summed E-state index contributed by atoms with van der Waals surface area (Å²) in [4.78, 5) is 0. The van der Waals surface area contributed by atoms with Crippen molar-refractivity contribution in [3.8, 4) is 0 Å². The van der Waals surface area contributed by atoms with E-state index in [1.807, 2.05) is 19.9 Å². The van der Waals surface area contributed by atoms with Crippen LogP contribution in [0.1, 0.15) is 52.4 Å². The molecule has 2 N–H and O–H groups in total. The van der Waals surface area contributed by atoms with Crippen LogP contribution in [0.3, 0.4) is 0 Å². The first-order valence-corrected chi connectivity index (χ1v) is 7.30. The summed E-state index contributed by atoms with van der Waals surface area (Å²) in [6.45, 7) is 8.33. The van der Waals surface area contributed by atoms with E-state index < -0.39 is 0 Å². The lowest BCUT2D eigenvalue weighted by Crippen LogP contribution is -2.16. The van der Waals surface area contributed by atoms with Gasteiger partial charge in [-0.2, -0.15) is 0 Å². The van der Waals surface area contributed by atoms with Crippen LogP contribution in [0.15, 0.2) is 23.8 Å². The molecule has 0 amide bonds. The molecule has 0 aliphatic carbocycles. The van der Waals surface area contributed by atoms with Gasteiger partial charge < -0.3 is 14.9 Å². The van der Waals surface area contributed by atoms with Gasteiger partial charge in [0.25, 0.3) is 0 Å². The summed E-state index contributed by atoms with van der Waals surface area (Å²) in [5, 5.41) is 18.8. The minimum atomic E-state index is -0.288. The molecule has 1 rings (SSSR count). The van der Waals surface area contributed by atoms with Crippen LogP contribution in [0.4, 0.5) is 0 Å². The molecule has 0 aromatic rings. The highest BCUT2D eigenvalue weighted by Crippen LogP contribution is 2.30. The summed E-state index contributed by atoms with van der Waals surface area (Å²) in [5.74, 6) is 0. The van der Waals surface area contributed by atoms with Gasteiger partial charge in [-0.15, -0.1) is 0 Å². The highest BCUT2D eigenvalue weighted by molar-refractivity contribution is 5.09. The van der Waals surface area contributed by atoms with Crippen molar-refractivity contribution in [3.63, 3.8) is 0 Å². The van der Waals surface area contributed by atoms with Gasteiger partial charge in [0.1, 0.15) is 0 Å². The molecule has 110 valence electrons. The van der Waals surface area contributed by atoms with E-state index in [0.29, 0.717) is 0 Å². The van der Waals surface area contributed by atoms with E-state index in [9.17, 15) is 5.11 Å². The van der Waals surface area contributed by atoms with Gasteiger partial charge in [-0.3, -0.25) is 0 Å². The lowest BCUT2D eigenvalue weighted by Gasteiger charge is -2.16. The van der Waals surface area contributed by atoms with E-state index in [0.717, 1.165) is 44.1 Å². The molecule has 1 heterocycles. The molecule has 0 aromatic carbocycles. The van der Waals surface area contributed by atoms with Crippen molar-refractivity contribution in [1.82, 2.24) is 0 Å². The van der Waals surface area contributed by atoms with E-state index in [1.165, 1.54) is 5.57 Å². The molecule has 0 bridgehead atoms. The number of hydrogen-bond acceptors (Lipinski definition) is 3. The summed E-state index contributed by atoms with van der Waals surface area (Å²) in [6, 6.07) is 0. The highest BCUT2D eigenvalue weighted by Gasteiger charge is 2.28. The van der Waals surface area contributed by atoms with Crippen LogP contribution in [0.2, 0.25) is 0 Å². The third-order valence-electron chi connectivity index (χ3n) is 3.80. The Kier molecular flexibility index (Phi) is 7.36. The predicted molar refractivity (Wildman–Crippen MR) is 78.0 cm³/mol. The smallest absolute Gasteiger partial charge is 0.0788 e. The Balaban J connectivity index is 2.27. The highest BCUT2D eigenvalue weighted by atomic mass is 16.5. The van der Waals surface area contributed by atoms with Crippen LogP contribution < -0.4 is 0 Å². The molecule has 0 spiro atoms. The molecule has 1 aliphatic heterocycles. The molecule has 0 saturated carbocycles.